The molecule has 0 spiro atoms. The minimum Gasteiger partial charge on any atom is -0.487 e. The Morgan fingerprint density at radius 3 is 2.79 bits per heavy atom. The summed E-state index contributed by atoms with van der Waals surface area (Å²) in [6.45, 7) is 6.88. The van der Waals surface area contributed by atoms with Crippen LogP contribution < -0.4 is 24.8 Å². The van der Waals surface area contributed by atoms with Gasteiger partial charge in [-0.1, -0.05) is 6.07 Å². The van der Waals surface area contributed by atoms with E-state index in [1.807, 2.05) is 26.0 Å². The van der Waals surface area contributed by atoms with E-state index in [2.05, 4.69) is 10.6 Å². The average Bonchev–Trinajstić information content (AvgIpc) is 2.57. The summed E-state index contributed by atoms with van der Waals surface area (Å²) < 4.78 is 16.7. The van der Waals surface area contributed by atoms with Crippen LogP contribution in [0.25, 0.3) is 0 Å². The number of carbonyl (C=O) groups is 1. The van der Waals surface area contributed by atoms with Crippen LogP contribution >= 0.6 is 0 Å². The molecule has 2 rings (SSSR count). The van der Waals surface area contributed by atoms with Crippen molar-refractivity contribution in [3.63, 3.8) is 0 Å². The van der Waals surface area contributed by atoms with Gasteiger partial charge < -0.3 is 30.0 Å². The van der Waals surface area contributed by atoms with Crippen molar-refractivity contribution >= 4 is 5.91 Å². The predicted molar refractivity (Wildman–Crippen MR) is 89.7 cm³/mol. The molecule has 0 aromatic heterocycles. The summed E-state index contributed by atoms with van der Waals surface area (Å²) in [5.74, 6) is 1.65. The lowest BCUT2D eigenvalue weighted by Crippen LogP contribution is -2.47. The van der Waals surface area contributed by atoms with Crippen LogP contribution in [-0.4, -0.2) is 55.6 Å². The van der Waals surface area contributed by atoms with Crippen LogP contribution in [-0.2, 0) is 4.79 Å². The molecule has 7 heteroatoms. The quantitative estimate of drug-likeness (QED) is 0.647. The Hall–Kier alpha value is -1.99. The summed E-state index contributed by atoms with van der Waals surface area (Å²) in [4.78, 5) is 11.8. The second-order valence-electron chi connectivity index (χ2n) is 6.04. The lowest BCUT2D eigenvalue weighted by molar-refractivity contribution is -0.123. The van der Waals surface area contributed by atoms with Gasteiger partial charge in [0.05, 0.1) is 6.04 Å². The van der Waals surface area contributed by atoms with E-state index in [-0.39, 0.29) is 31.1 Å². The van der Waals surface area contributed by atoms with E-state index in [1.165, 1.54) is 0 Å². The molecule has 0 saturated carbocycles. The van der Waals surface area contributed by atoms with Crippen LogP contribution in [0.1, 0.15) is 20.8 Å². The molecule has 0 radical (unpaired) electrons. The van der Waals surface area contributed by atoms with E-state index >= 15 is 0 Å². The first-order chi connectivity index (χ1) is 11.5. The molecular weight excluding hydrogens is 312 g/mol. The zero-order valence-corrected chi connectivity index (χ0v) is 14.4. The number of aliphatic hydroxyl groups is 1. The molecule has 0 fully saturated rings. The van der Waals surface area contributed by atoms with Gasteiger partial charge in [-0.05, 0) is 32.9 Å². The number of para-hydroxylation sites is 1. The van der Waals surface area contributed by atoms with Crippen molar-refractivity contribution in [3.8, 4) is 17.2 Å². The van der Waals surface area contributed by atoms with Gasteiger partial charge in [0.2, 0.25) is 11.7 Å². The molecule has 1 aliphatic rings. The molecule has 0 bridgehead atoms. The van der Waals surface area contributed by atoms with Crippen LogP contribution in [0.4, 0.5) is 0 Å². The van der Waals surface area contributed by atoms with E-state index < -0.39 is 6.10 Å². The fourth-order valence-corrected chi connectivity index (χ4v) is 2.22. The minimum atomic E-state index is -0.750. The molecule has 1 aliphatic heterocycles. The second-order valence-corrected chi connectivity index (χ2v) is 6.04. The molecule has 1 aromatic carbocycles. The summed E-state index contributed by atoms with van der Waals surface area (Å²) >= 11 is 0. The van der Waals surface area contributed by atoms with Crippen molar-refractivity contribution in [1.29, 1.82) is 0 Å². The van der Waals surface area contributed by atoms with Gasteiger partial charge in [-0.3, -0.25) is 4.79 Å². The number of amides is 1. The van der Waals surface area contributed by atoms with Crippen LogP contribution in [0.15, 0.2) is 18.2 Å². The van der Waals surface area contributed by atoms with E-state index in [1.54, 1.807) is 13.0 Å². The van der Waals surface area contributed by atoms with E-state index in [4.69, 9.17) is 14.2 Å². The Labute approximate surface area is 142 Å². The molecule has 134 valence electrons. The first-order valence-electron chi connectivity index (χ1n) is 8.20. The molecule has 2 unspecified atom stereocenters. The smallest absolute Gasteiger partial charge is 0.237 e. The first-order valence-corrected chi connectivity index (χ1v) is 8.20. The summed E-state index contributed by atoms with van der Waals surface area (Å²) in [6.07, 6.45) is -0.750. The van der Waals surface area contributed by atoms with Crippen LogP contribution in [0.3, 0.4) is 0 Å². The summed E-state index contributed by atoms with van der Waals surface area (Å²) in [5.41, 5.74) is 0. The van der Waals surface area contributed by atoms with Crippen LogP contribution in [0.2, 0.25) is 0 Å². The lowest BCUT2D eigenvalue weighted by Gasteiger charge is -2.22. The topological polar surface area (TPSA) is 89.1 Å². The van der Waals surface area contributed by atoms with E-state index in [0.29, 0.717) is 30.5 Å². The van der Waals surface area contributed by atoms with Crippen molar-refractivity contribution in [2.75, 3.05) is 26.4 Å². The Morgan fingerprint density at radius 1 is 1.29 bits per heavy atom. The van der Waals surface area contributed by atoms with Gasteiger partial charge in [0.1, 0.15) is 25.9 Å². The molecule has 3 N–H and O–H groups in total. The average molecular weight is 338 g/mol. The lowest BCUT2D eigenvalue weighted by atomic mass is 10.2. The molecule has 7 nitrogen and oxygen atoms in total. The van der Waals surface area contributed by atoms with Crippen LogP contribution in [0, 0.1) is 0 Å². The van der Waals surface area contributed by atoms with E-state index in [9.17, 15) is 9.90 Å². The van der Waals surface area contributed by atoms with Gasteiger partial charge >= 0.3 is 0 Å². The maximum atomic E-state index is 11.8. The molecule has 24 heavy (non-hydrogen) atoms. The zero-order valence-electron chi connectivity index (χ0n) is 14.4. The number of ether oxygens (including phenoxy) is 3. The van der Waals surface area contributed by atoms with Gasteiger partial charge in [-0.2, -0.15) is 0 Å². The van der Waals surface area contributed by atoms with Gasteiger partial charge in [0.25, 0.3) is 0 Å². The number of nitrogens with one attached hydrogen (secondary N) is 2. The number of hydrogen-bond donors (Lipinski definition) is 3. The second kappa shape index (κ2) is 8.75. The number of carbonyl (C=O) groups excluding carboxylic acids is 1. The summed E-state index contributed by atoms with van der Waals surface area (Å²) in [6, 6.07) is 5.09. The monoisotopic (exact) mass is 338 g/mol. The molecule has 1 heterocycles. The Morgan fingerprint density at radius 2 is 2.04 bits per heavy atom. The van der Waals surface area contributed by atoms with Crippen molar-refractivity contribution in [3.05, 3.63) is 18.2 Å². The van der Waals surface area contributed by atoms with Gasteiger partial charge in [0.15, 0.2) is 11.5 Å². The van der Waals surface area contributed by atoms with E-state index in [0.717, 1.165) is 0 Å². The minimum absolute atomic E-state index is 0.0847. The highest BCUT2D eigenvalue weighted by molar-refractivity contribution is 5.81. The molecular formula is C17H26N2O5. The van der Waals surface area contributed by atoms with Gasteiger partial charge in [-0.15, -0.1) is 0 Å². The summed E-state index contributed by atoms with van der Waals surface area (Å²) in [7, 11) is 0. The normalized spacial score (nSPS) is 15.7. The third kappa shape index (κ3) is 5.28. The third-order valence-electron chi connectivity index (χ3n) is 3.45. The number of rotatable bonds is 8. The largest absolute Gasteiger partial charge is 0.487 e. The Kier molecular flexibility index (Phi) is 6.69. The van der Waals surface area contributed by atoms with Gasteiger partial charge in [0, 0.05) is 12.6 Å². The standard InChI is InChI=1S/C17H26N2O5/c1-11(2)19-17(21)12(3)18-9-13(20)10-24-15-6-4-5-14-16(15)23-8-7-22-14/h4-6,11-13,18,20H,7-10H2,1-3H3,(H,19,21). The number of fused-ring (bicyclic) bond motifs is 1. The maximum Gasteiger partial charge on any atom is 0.237 e. The molecule has 2 atom stereocenters. The highest BCUT2D eigenvalue weighted by atomic mass is 16.6. The molecule has 1 amide bonds. The fourth-order valence-electron chi connectivity index (χ4n) is 2.22. The first kappa shape index (κ1) is 18.4. The molecule has 0 saturated heterocycles. The maximum absolute atomic E-state index is 11.8. The Balaban J connectivity index is 1.77. The number of hydrogen-bond acceptors (Lipinski definition) is 6. The molecule has 1 aromatic rings. The Bertz CT molecular complexity index is 550. The highest BCUT2D eigenvalue weighted by Gasteiger charge is 2.18. The SMILES string of the molecule is CC(C)NC(=O)C(C)NCC(O)COc1cccc2c1OCCO2. The van der Waals surface area contributed by atoms with Crippen molar-refractivity contribution in [2.24, 2.45) is 0 Å². The molecule has 0 aliphatic carbocycles. The van der Waals surface area contributed by atoms with Crippen molar-refractivity contribution < 1.29 is 24.1 Å². The highest BCUT2D eigenvalue weighted by Crippen LogP contribution is 2.38. The number of benzene rings is 1. The van der Waals surface area contributed by atoms with Crippen LogP contribution in [0.5, 0.6) is 17.2 Å². The fraction of sp³-hybridized carbons (Fsp3) is 0.588. The predicted octanol–water partition coefficient (Wildman–Crippen LogP) is 0.700. The summed E-state index contributed by atoms with van der Waals surface area (Å²) in [5, 5.41) is 15.8. The van der Waals surface area contributed by atoms with Gasteiger partial charge in [-0.25, -0.2) is 0 Å². The van der Waals surface area contributed by atoms with Crippen molar-refractivity contribution in [2.45, 2.75) is 39.0 Å². The number of aliphatic hydroxyl groups excluding tert-OH is 1. The van der Waals surface area contributed by atoms with Crippen molar-refractivity contribution in [1.82, 2.24) is 10.6 Å². The zero-order chi connectivity index (χ0) is 17.5. The third-order valence-corrected chi connectivity index (χ3v) is 3.45.